The molecule has 0 saturated heterocycles. The zero-order chi connectivity index (χ0) is 13.0. The van der Waals surface area contributed by atoms with Gasteiger partial charge in [0.2, 0.25) is 0 Å². The molecule has 0 amide bonds. The first-order chi connectivity index (χ1) is 8.70. The van der Waals surface area contributed by atoms with Crippen LogP contribution >= 0.6 is 23.1 Å². The van der Waals surface area contributed by atoms with E-state index in [-0.39, 0.29) is 11.9 Å². The number of hydrogen-bond donors (Lipinski definition) is 1. The molecule has 18 heavy (non-hydrogen) atoms. The van der Waals surface area contributed by atoms with Gasteiger partial charge in [-0.25, -0.2) is 9.37 Å². The Bertz CT molecular complexity index is 500. The minimum absolute atomic E-state index is 0.00227. The molecule has 1 heterocycles. The van der Waals surface area contributed by atoms with Gasteiger partial charge in [-0.05, 0) is 25.0 Å². The van der Waals surface area contributed by atoms with Gasteiger partial charge in [0, 0.05) is 28.1 Å². The van der Waals surface area contributed by atoms with E-state index >= 15 is 0 Å². The fourth-order valence-corrected chi connectivity index (χ4v) is 3.33. The van der Waals surface area contributed by atoms with E-state index < -0.39 is 0 Å². The number of thiazole rings is 1. The number of rotatable bonds is 5. The second-order valence-corrected chi connectivity index (χ2v) is 6.17. The van der Waals surface area contributed by atoms with E-state index in [1.54, 1.807) is 23.6 Å². The summed E-state index contributed by atoms with van der Waals surface area (Å²) in [4.78, 5) is 5.12. The summed E-state index contributed by atoms with van der Waals surface area (Å²) >= 11 is 3.05. The molecule has 5 heteroatoms. The summed E-state index contributed by atoms with van der Waals surface area (Å²) in [6.45, 7) is 2.01. The zero-order valence-electron chi connectivity index (χ0n) is 10.1. The molecule has 0 fully saturated rings. The van der Waals surface area contributed by atoms with Crippen LogP contribution < -0.4 is 5.73 Å². The summed E-state index contributed by atoms with van der Waals surface area (Å²) in [7, 11) is 0. The fourth-order valence-electron chi connectivity index (χ4n) is 1.59. The topological polar surface area (TPSA) is 38.9 Å². The van der Waals surface area contributed by atoms with Gasteiger partial charge in [-0.3, -0.25) is 0 Å². The quantitative estimate of drug-likeness (QED) is 0.908. The van der Waals surface area contributed by atoms with Crippen molar-refractivity contribution in [3.8, 4) is 0 Å². The van der Waals surface area contributed by atoms with Crippen LogP contribution in [0.4, 0.5) is 4.39 Å². The molecular formula is C13H15FN2S2. The molecule has 0 aliphatic rings. The Morgan fingerprint density at radius 1 is 1.50 bits per heavy atom. The van der Waals surface area contributed by atoms with Crippen LogP contribution in [0.25, 0.3) is 0 Å². The molecule has 1 aromatic carbocycles. The highest BCUT2D eigenvalue weighted by molar-refractivity contribution is 8.01. The van der Waals surface area contributed by atoms with Gasteiger partial charge in [0.25, 0.3) is 0 Å². The van der Waals surface area contributed by atoms with Crippen LogP contribution in [0.15, 0.2) is 39.0 Å². The lowest BCUT2D eigenvalue weighted by Gasteiger charge is -2.13. The number of nitrogens with zero attached hydrogens (tertiary/aromatic N) is 1. The van der Waals surface area contributed by atoms with Gasteiger partial charge in [0.05, 0.1) is 0 Å². The molecule has 0 spiro atoms. The first-order valence-corrected chi connectivity index (χ1v) is 7.50. The smallest absolute Gasteiger partial charge is 0.154 e. The van der Waals surface area contributed by atoms with Gasteiger partial charge >= 0.3 is 0 Å². The van der Waals surface area contributed by atoms with Gasteiger partial charge in [-0.1, -0.05) is 24.8 Å². The Morgan fingerprint density at radius 2 is 2.33 bits per heavy atom. The van der Waals surface area contributed by atoms with Crippen LogP contribution in [0.5, 0.6) is 0 Å². The van der Waals surface area contributed by atoms with Crippen molar-refractivity contribution < 1.29 is 4.39 Å². The van der Waals surface area contributed by atoms with Gasteiger partial charge in [-0.2, -0.15) is 0 Å². The second kappa shape index (κ2) is 6.31. The monoisotopic (exact) mass is 282 g/mol. The molecule has 2 N–H and O–H groups in total. The largest absolute Gasteiger partial charge is 0.327 e. The number of benzene rings is 1. The molecule has 0 bridgehead atoms. The number of halogens is 1. The summed E-state index contributed by atoms with van der Waals surface area (Å²) in [5.74, 6) is -0.180. The van der Waals surface area contributed by atoms with Crippen molar-refractivity contribution >= 4 is 23.1 Å². The minimum atomic E-state index is -0.180. The Hall–Kier alpha value is -0.910. The zero-order valence-corrected chi connectivity index (χ0v) is 11.7. The van der Waals surface area contributed by atoms with Crippen molar-refractivity contribution in [2.75, 3.05) is 0 Å². The summed E-state index contributed by atoms with van der Waals surface area (Å²) in [6.07, 6.45) is 3.16. The lowest BCUT2D eigenvalue weighted by molar-refractivity contribution is 0.571. The Kier molecular flexibility index (Phi) is 4.74. The van der Waals surface area contributed by atoms with E-state index in [9.17, 15) is 4.39 Å². The maximum Gasteiger partial charge on any atom is 0.154 e. The molecule has 1 aromatic heterocycles. The number of aromatic nitrogens is 1. The van der Waals surface area contributed by atoms with E-state index in [1.165, 1.54) is 17.8 Å². The molecule has 2 nitrogen and oxygen atoms in total. The molecule has 96 valence electrons. The van der Waals surface area contributed by atoms with Crippen molar-refractivity contribution in [3.63, 3.8) is 0 Å². The lowest BCUT2D eigenvalue weighted by atomic mass is 10.0. The maximum absolute atomic E-state index is 13.9. The maximum atomic E-state index is 13.9. The van der Waals surface area contributed by atoms with E-state index in [4.69, 9.17) is 5.73 Å². The summed E-state index contributed by atoms with van der Waals surface area (Å²) in [5, 5.41) is 1.92. The fraction of sp³-hybridized carbons (Fsp3) is 0.308. The molecule has 0 radical (unpaired) electrons. The normalized spacial score (nSPS) is 12.6. The average molecular weight is 282 g/mol. The molecule has 2 aromatic rings. The second-order valence-electron chi connectivity index (χ2n) is 3.99. The molecule has 2 rings (SSSR count). The average Bonchev–Trinajstić information content (AvgIpc) is 2.86. The van der Waals surface area contributed by atoms with Crippen molar-refractivity contribution in [2.45, 2.75) is 35.0 Å². The molecule has 1 atom stereocenters. The van der Waals surface area contributed by atoms with E-state index in [0.29, 0.717) is 12.0 Å². The predicted octanol–water partition coefficient (Wildman–Crippen LogP) is 3.71. The highest BCUT2D eigenvalue weighted by Crippen LogP contribution is 2.33. The van der Waals surface area contributed by atoms with Gasteiger partial charge in [-0.15, -0.1) is 11.3 Å². The van der Waals surface area contributed by atoms with E-state index in [0.717, 1.165) is 15.7 Å². The Morgan fingerprint density at radius 3 is 3.00 bits per heavy atom. The first kappa shape index (κ1) is 13.5. The summed E-state index contributed by atoms with van der Waals surface area (Å²) in [6, 6.07) is 5.14. The third kappa shape index (κ3) is 3.31. The number of nitrogens with two attached hydrogens (primary N) is 1. The van der Waals surface area contributed by atoms with Crippen LogP contribution in [0.2, 0.25) is 0 Å². The molecule has 0 aliphatic heterocycles. The Balaban J connectivity index is 2.26. The third-order valence-electron chi connectivity index (χ3n) is 2.67. The van der Waals surface area contributed by atoms with E-state index in [2.05, 4.69) is 4.98 Å². The molecule has 0 saturated carbocycles. The van der Waals surface area contributed by atoms with Crippen LogP contribution in [0, 0.1) is 5.82 Å². The highest BCUT2D eigenvalue weighted by atomic mass is 32.2. The van der Waals surface area contributed by atoms with Gasteiger partial charge in [0.1, 0.15) is 5.82 Å². The molecule has 1 unspecified atom stereocenters. The van der Waals surface area contributed by atoms with Crippen LogP contribution in [0.1, 0.15) is 18.9 Å². The van der Waals surface area contributed by atoms with Crippen LogP contribution in [0.3, 0.4) is 0 Å². The standard InChI is InChI=1S/C13H15FN2S2/c1-2-9(15)8-10-11(14)4-3-5-12(10)18-13-16-6-7-17-13/h3-7,9H,2,8,15H2,1H3. The lowest BCUT2D eigenvalue weighted by Crippen LogP contribution is -2.22. The highest BCUT2D eigenvalue weighted by Gasteiger charge is 2.13. The van der Waals surface area contributed by atoms with Crippen molar-refractivity contribution in [1.82, 2.24) is 4.98 Å². The minimum Gasteiger partial charge on any atom is -0.327 e. The predicted molar refractivity (Wildman–Crippen MR) is 74.6 cm³/mol. The first-order valence-electron chi connectivity index (χ1n) is 5.81. The summed E-state index contributed by atoms with van der Waals surface area (Å²) < 4.78 is 14.8. The third-order valence-corrected chi connectivity index (χ3v) is 4.66. The van der Waals surface area contributed by atoms with Crippen molar-refractivity contribution in [2.24, 2.45) is 5.73 Å². The SMILES string of the molecule is CCC(N)Cc1c(F)cccc1Sc1nccs1. The number of hydrogen-bond acceptors (Lipinski definition) is 4. The van der Waals surface area contributed by atoms with Crippen molar-refractivity contribution in [3.05, 3.63) is 41.2 Å². The molecule has 0 aliphatic carbocycles. The summed E-state index contributed by atoms with van der Waals surface area (Å²) in [5.41, 5.74) is 6.63. The van der Waals surface area contributed by atoms with Crippen LogP contribution in [-0.2, 0) is 6.42 Å². The Labute approximate surface area is 114 Å². The van der Waals surface area contributed by atoms with Crippen molar-refractivity contribution in [1.29, 1.82) is 0 Å². The van der Waals surface area contributed by atoms with Gasteiger partial charge in [0.15, 0.2) is 4.34 Å². The van der Waals surface area contributed by atoms with Crippen LogP contribution in [-0.4, -0.2) is 11.0 Å². The van der Waals surface area contributed by atoms with E-state index in [1.807, 2.05) is 18.4 Å². The van der Waals surface area contributed by atoms with Gasteiger partial charge < -0.3 is 5.73 Å². The molecular weight excluding hydrogens is 267 g/mol.